The molecule has 1 heteroatoms. The van der Waals surface area contributed by atoms with E-state index in [4.69, 9.17) is 0 Å². The normalized spacial score (nSPS) is 45.4. The second-order valence-corrected chi connectivity index (χ2v) is 6.80. The van der Waals surface area contributed by atoms with Crippen LogP contribution in [0.1, 0.15) is 43.2 Å². The molecular weight excluding hydrogens is 220 g/mol. The Morgan fingerprint density at radius 2 is 1.94 bits per heavy atom. The molecule has 3 aliphatic rings. The van der Waals surface area contributed by atoms with Crippen LogP contribution in [0.2, 0.25) is 0 Å². The zero-order chi connectivity index (χ0) is 12.3. The summed E-state index contributed by atoms with van der Waals surface area (Å²) in [6, 6.07) is 8.46. The van der Waals surface area contributed by atoms with Gasteiger partial charge in [-0.1, -0.05) is 30.7 Å². The van der Waals surface area contributed by atoms with Crippen LogP contribution in [-0.2, 0) is 5.60 Å². The molecule has 0 radical (unpaired) electrons. The lowest BCUT2D eigenvalue weighted by Crippen LogP contribution is -2.39. The van der Waals surface area contributed by atoms with Crippen molar-refractivity contribution in [1.82, 2.24) is 0 Å². The number of rotatable bonds is 1. The molecule has 1 aromatic rings. The van der Waals surface area contributed by atoms with Gasteiger partial charge in [0, 0.05) is 0 Å². The van der Waals surface area contributed by atoms with Crippen LogP contribution >= 0.6 is 0 Å². The Bertz CT molecular complexity index is 480. The topological polar surface area (TPSA) is 20.2 Å². The Hall–Kier alpha value is -0.820. The van der Waals surface area contributed by atoms with Crippen molar-refractivity contribution in [2.75, 3.05) is 0 Å². The largest absolute Gasteiger partial charge is 0.385 e. The predicted molar refractivity (Wildman–Crippen MR) is 72.1 cm³/mol. The van der Waals surface area contributed by atoms with Crippen molar-refractivity contribution >= 4 is 0 Å². The van der Waals surface area contributed by atoms with E-state index in [0.29, 0.717) is 5.92 Å². The molecule has 1 aromatic carbocycles. The van der Waals surface area contributed by atoms with E-state index >= 15 is 0 Å². The lowest BCUT2D eigenvalue weighted by Gasteiger charge is -2.40. The molecule has 5 atom stereocenters. The zero-order valence-corrected chi connectivity index (χ0v) is 11.1. The molecule has 3 aliphatic carbocycles. The minimum absolute atomic E-state index is 0.512. The van der Waals surface area contributed by atoms with Crippen molar-refractivity contribution in [3.8, 4) is 0 Å². The summed E-state index contributed by atoms with van der Waals surface area (Å²) in [7, 11) is 0. The highest BCUT2D eigenvalue weighted by molar-refractivity contribution is 5.34. The van der Waals surface area contributed by atoms with Crippen molar-refractivity contribution in [1.29, 1.82) is 0 Å². The minimum atomic E-state index is -0.512. The molecule has 18 heavy (non-hydrogen) atoms. The molecule has 5 unspecified atom stereocenters. The molecule has 1 N–H and O–H groups in total. The van der Waals surface area contributed by atoms with Crippen LogP contribution in [0, 0.1) is 30.6 Å². The molecule has 0 amide bonds. The fourth-order valence-corrected chi connectivity index (χ4v) is 5.48. The molecule has 3 saturated carbocycles. The number of benzene rings is 1. The monoisotopic (exact) mass is 242 g/mol. The first-order valence-corrected chi connectivity index (χ1v) is 7.48. The van der Waals surface area contributed by atoms with E-state index < -0.39 is 5.60 Å². The van der Waals surface area contributed by atoms with Crippen LogP contribution in [-0.4, -0.2) is 5.11 Å². The standard InChI is InChI=1S/C17H22O/c1-11-5-2-3-8-15(11)17(18)10-12-9-16(17)14-7-4-6-13(12)14/h2-3,5,8,12-14,16,18H,4,6-7,9-10H2,1H3. The smallest absolute Gasteiger partial charge is 0.0932 e. The molecular formula is C17H22O. The quantitative estimate of drug-likeness (QED) is 0.797. The van der Waals surface area contributed by atoms with E-state index in [9.17, 15) is 5.11 Å². The minimum Gasteiger partial charge on any atom is -0.385 e. The van der Waals surface area contributed by atoms with E-state index in [1.165, 1.54) is 36.8 Å². The van der Waals surface area contributed by atoms with Crippen molar-refractivity contribution in [3.63, 3.8) is 0 Å². The van der Waals surface area contributed by atoms with Crippen molar-refractivity contribution in [2.24, 2.45) is 23.7 Å². The average Bonchev–Trinajstić information content (AvgIpc) is 2.99. The predicted octanol–water partition coefficient (Wildman–Crippen LogP) is 3.64. The molecule has 0 spiro atoms. The maximum atomic E-state index is 11.3. The third-order valence-electron chi connectivity index (χ3n) is 6.10. The van der Waals surface area contributed by atoms with Gasteiger partial charge in [0.05, 0.1) is 5.60 Å². The second kappa shape index (κ2) is 3.60. The summed E-state index contributed by atoms with van der Waals surface area (Å²) in [5.41, 5.74) is 1.96. The first kappa shape index (κ1) is 11.0. The lowest BCUT2D eigenvalue weighted by molar-refractivity contribution is -0.0517. The molecule has 0 saturated heterocycles. The van der Waals surface area contributed by atoms with Crippen LogP contribution < -0.4 is 0 Å². The van der Waals surface area contributed by atoms with Gasteiger partial charge < -0.3 is 5.11 Å². The van der Waals surface area contributed by atoms with E-state index in [1.807, 2.05) is 0 Å². The third-order valence-corrected chi connectivity index (χ3v) is 6.10. The maximum absolute atomic E-state index is 11.3. The Morgan fingerprint density at radius 1 is 1.17 bits per heavy atom. The second-order valence-electron chi connectivity index (χ2n) is 6.80. The van der Waals surface area contributed by atoms with Gasteiger partial charge >= 0.3 is 0 Å². The van der Waals surface area contributed by atoms with Gasteiger partial charge in [-0.3, -0.25) is 0 Å². The molecule has 4 rings (SSSR count). The molecule has 96 valence electrons. The van der Waals surface area contributed by atoms with Gasteiger partial charge in [-0.25, -0.2) is 0 Å². The Balaban J connectivity index is 1.76. The van der Waals surface area contributed by atoms with Gasteiger partial charge in [0.2, 0.25) is 0 Å². The van der Waals surface area contributed by atoms with Gasteiger partial charge in [-0.2, -0.15) is 0 Å². The molecule has 2 bridgehead atoms. The maximum Gasteiger partial charge on any atom is 0.0932 e. The summed E-state index contributed by atoms with van der Waals surface area (Å²) >= 11 is 0. The zero-order valence-electron chi connectivity index (χ0n) is 11.1. The van der Waals surface area contributed by atoms with E-state index in [0.717, 1.165) is 24.2 Å². The van der Waals surface area contributed by atoms with Crippen LogP contribution in [0.25, 0.3) is 0 Å². The molecule has 0 aromatic heterocycles. The highest BCUT2D eigenvalue weighted by atomic mass is 16.3. The first-order chi connectivity index (χ1) is 8.70. The molecule has 1 nitrogen and oxygen atoms in total. The Kier molecular flexibility index (Phi) is 2.21. The summed E-state index contributed by atoms with van der Waals surface area (Å²) in [6.45, 7) is 2.14. The fraction of sp³-hybridized carbons (Fsp3) is 0.647. The van der Waals surface area contributed by atoms with Crippen LogP contribution in [0.3, 0.4) is 0 Å². The van der Waals surface area contributed by atoms with Gasteiger partial charge in [0.15, 0.2) is 0 Å². The summed E-state index contributed by atoms with van der Waals surface area (Å²) < 4.78 is 0. The van der Waals surface area contributed by atoms with Crippen LogP contribution in [0.5, 0.6) is 0 Å². The van der Waals surface area contributed by atoms with Crippen LogP contribution in [0.4, 0.5) is 0 Å². The van der Waals surface area contributed by atoms with Gasteiger partial charge in [0.25, 0.3) is 0 Å². The lowest BCUT2D eigenvalue weighted by atomic mass is 9.69. The number of hydrogen-bond acceptors (Lipinski definition) is 1. The number of fused-ring (bicyclic) bond motifs is 5. The van der Waals surface area contributed by atoms with Crippen molar-refractivity contribution in [2.45, 2.75) is 44.6 Å². The van der Waals surface area contributed by atoms with Gasteiger partial charge in [-0.15, -0.1) is 0 Å². The molecule has 0 heterocycles. The fourth-order valence-electron chi connectivity index (χ4n) is 5.48. The van der Waals surface area contributed by atoms with Gasteiger partial charge in [0.1, 0.15) is 0 Å². The van der Waals surface area contributed by atoms with E-state index in [-0.39, 0.29) is 0 Å². The number of hydrogen-bond donors (Lipinski definition) is 1. The SMILES string of the molecule is Cc1ccccc1C1(O)CC2CC1C1CCCC21. The Morgan fingerprint density at radius 3 is 2.78 bits per heavy atom. The summed E-state index contributed by atoms with van der Waals surface area (Å²) in [5, 5.41) is 11.3. The van der Waals surface area contributed by atoms with Crippen molar-refractivity contribution < 1.29 is 5.11 Å². The van der Waals surface area contributed by atoms with Gasteiger partial charge in [-0.05, 0) is 67.4 Å². The first-order valence-electron chi connectivity index (χ1n) is 7.48. The third kappa shape index (κ3) is 1.26. The Labute approximate surface area is 109 Å². The van der Waals surface area contributed by atoms with Crippen molar-refractivity contribution in [3.05, 3.63) is 35.4 Å². The average molecular weight is 242 g/mol. The highest BCUT2D eigenvalue weighted by Gasteiger charge is 2.61. The number of aryl methyl sites for hydroxylation is 1. The highest BCUT2D eigenvalue weighted by Crippen LogP contribution is 2.65. The number of aliphatic hydroxyl groups is 1. The van der Waals surface area contributed by atoms with E-state index in [1.54, 1.807) is 0 Å². The van der Waals surface area contributed by atoms with E-state index in [2.05, 4.69) is 31.2 Å². The molecule has 0 aliphatic heterocycles. The summed E-state index contributed by atoms with van der Waals surface area (Å²) in [6.07, 6.45) is 6.48. The summed E-state index contributed by atoms with van der Waals surface area (Å²) in [5.74, 6) is 3.09. The van der Waals surface area contributed by atoms with Crippen LogP contribution in [0.15, 0.2) is 24.3 Å². The summed E-state index contributed by atoms with van der Waals surface area (Å²) in [4.78, 5) is 0. The molecule has 3 fully saturated rings.